The van der Waals surface area contributed by atoms with Crippen LogP contribution in [0.15, 0.2) is 66.1 Å². The fraction of sp³-hybridized carbons (Fsp3) is 0.111. The minimum Gasteiger partial charge on any atom is -0.478 e. The molecule has 1 aliphatic rings. The van der Waals surface area contributed by atoms with Gasteiger partial charge in [-0.15, -0.1) is 0 Å². The fourth-order valence-corrected chi connectivity index (χ4v) is 2.77. The molecule has 0 fully saturated rings. The van der Waals surface area contributed by atoms with E-state index >= 15 is 0 Å². The van der Waals surface area contributed by atoms with Crippen molar-refractivity contribution in [3.8, 4) is 0 Å². The quantitative estimate of drug-likeness (QED) is 0.703. The molecule has 1 atom stereocenters. The van der Waals surface area contributed by atoms with E-state index < -0.39 is 81.1 Å². The van der Waals surface area contributed by atoms with Gasteiger partial charge in [-0.05, 0) is 17.7 Å². The summed E-state index contributed by atoms with van der Waals surface area (Å²) >= 11 is 0. The highest BCUT2D eigenvalue weighted by Crippen LogP contribution is 2.32. The number of carboxylic acid groups (broad SMARTS) is 1. The average molecular weight is 398 g/mol. The monoisotopic (exact) mass is 398 g/mol. The Hall–Kier alpha value is -3.33. The van der Waals surface area contributed by atoms with Crippen LogP contribution in [0.4, 0.5) is 0 Å². The molecule has 1 heterocycles. The second-order valence-corrected chi connectivity index (χ2v) is 6.24. The summed E-state index contributed by atoms with van der Waals surface area (Å²) in [5, 5.41) is 3.80. The standard InChI is InChI=1S/C18H15NO7S/c19-17-16(26-27(23,24)10-11-4-2-1-3-5-11)14(20)15(25-17)12-6-8-13(9-7-12)18(21)22/h1-9,15H,10,19H2,(H,21,22)/i1D,2D,3D,4D,5D,10D2,15D/hD. The second kappa shape index (κ2) is 7.12. The molecule has 0 amide bonds. The maximum atomic E-state index is 12.9. The number of nitrogens with two attached hydrogens (primary N) is 1. The lowest BCUT2D eigenvalue weighted by Crippen LogP contribution is -2.16. The topological polar surface area (TPSA) is 133 Å². The van der Waals surface area contributed by atoms with Gasteiger partial charge in [0.25, 0.3) is 1.43 Å². The van der Waals surface area contributed by atoms with Crippen LogP contribution in [0, 0.1) is 0 Å². The van der Waals surface area contributed by atoms with Crippen molar-refractivity contribution in [2.45, 2.75) is 11.8 Å². The van der Waals surface area contributed by atoms with E-state index in [0.717, 1.165) is 24.3 Å². The van der Waals surface area contributed by atoms with Crippen LogP contribution in [-0.2, 0) is 29.5 Å². The van der Waals surface area contributed by atoms with E-state index in [1.807, 2.05) is 0 Å². The van der Waals surface area contributed by atoms with Gasteiger partial charge in [0.15, 0.2) is 6.08 Å². The number of rotatable bonds is 6. The van der Waals surface area contributed by atoms with Crippen LogP contribution in [0.25, 0.3) is 1.43 Å². The Bertz CT molecular complexity index is 1400. The number of ether oxygens (including phenoxy) is 1. The molecule has 3 N–H and O–H groups in total. The number of aromatic carboxylic acids is 1. The van der Waals surface area contributed by atoms with Gasteiger partial charge in [-0.25, -0.2) is 4.79 Å². The van der Waals surface area contributed by atoms with Crippen LogP contribution in [0.2, 0.25) is 0 Å². The zero-order valence-corrected chi connectivity index (χ0v) is 14.0. The van der Waals surface area contributed by atoms with E-state index in [2.05, 4.69) is 9.29 Å². The third kappa shape index (κ3) is 4.09. The lowest BCUT2D eigenvalue weighted by molar-refractivity contribution is -0.123. The summed E-state index contributed by atoms with van der Waals surface area (Å²) < 4.78 is 105. The lowest BCUT2D eigenvalue weighted by Gasteiger charge is -2.10. The first-order valence-corrected chi connectivity index (χ1v) is 8.45. The summed E-state index contributed by atoms with van der Waals surface area (Å²) in [6, 6.07) is -0.925. The molecule has 0 radical (unpaired) electrons. The Morgan fingerprint density at radius 1 is 1.33 bits per heavy atom. The predicted octanol–water partition coefficient (Wildman–Crippen LogP) is 1.70. The lowest BCUT2D eigenvalue weighted by atomic mass is 10.0. The van der Waals surface area contributed by atoms with Crippen LogP contribution in [0.1, 0.15) is 38.5 Å². The van der Waals surface area contributed by atoms with Gasteiger partial charge in [0.1, 0.15) is 5.70 Å². The van der Waals surface area contributed by atoms with E-state index in [1.165, 1.54) is 0 Å². The molecular weight excluding hydrogens is 374 g/mol. The molecule has 9 heteroatoms. The summed E-state index contributed by atoms with van der Waals surface area (Å²) in [4.78, 5) is 24.3. The van der Waals surface area contributed by atoms with Crippen LogP contribution < -0.4 is 5.73 Å². The molecule has 27 heavy (non-hydrogen) atoms. The van der Waals surface area contributed by atoms with Crippen LogP contribution in [-0.4, -0.2) is 25.3 Å². The van der Waals surface area contributed by atoms with Gasteiger partial charge in [-0.3, -0.25) is 4.79 Å². The van der Waals surface area contributed by atoms with Gasteiger partial charge in [-0.2, -0.15) is 8.42 Å². The molecule has 2 aromatic rings. The molecular formula is C18H15NO7S. The first-order valence-electron chi connectivity index (χ1n) is 11.4. The smallest absolute Gasteiger partial charge is 0.335 e. The largest absolute Gasteiger partial charge is 0.478 e. The fourth-order valence-electron chi connectivity index (χ4n) is 2.00. The van der Waals surface area contributed by atoms with Crippen molar-refractivity contribution in [1.29, 1.82) is 1.43 Å². The highest BCUT2D eigenvalue weighted by atomic mass is 32.2. The van der Waals surface area contributed by atoms with Gasteiger partial charge in [0.2, 0.25) is 17.4 Å². The zero-order chi connectivity index (χ0) is 27.4. The third-order valence-electron chi connectivity index (χ3n) is 3.15. The van der Waals surface area contributed by atoms with Crippen molar-refractivity contribution in [3.05, 3.63) is 82.8 Å². The SMILES string of the molecule is [2H]OC(=O)c1ccc(C2([2H])OC(N)=C(OS(=O)(=O)C([2H])([2H])c3c([2H])c([2H])c([2H])c([2H])c3[2H])C2=O)cc1. The van der Waals surface area contributed by atoms with E-state index in [-0.39, 0.29) is 11.1 Å². The second-order valence-electron chi connectivity index (χ2n) is 4.96. The first kappa shape index (κ1) is 10.1. The minimum atomic E-state index is -5.65. The Kier molecular flexibility index (Phi) is 2.67. The predicted molar refractivity (Wildman–Crippen MR) is 93.6 cm³/mol. The van der Waals surface area contributed by atoms with E-state index in [9.17, 15) is 18.0 Å². The molecule has 8 nitrogen and oxygen atoms in total. The molecule has 2 aromatic carbocycles. The summed E-state index contributed by atoms with van der Waals surface area (Å²) in [5.74, 6) is -4.81. The maximum Gasteiger partial charge on any atom is 0.335 e. The number of ketones is 1. The number of Topliss-reactive ketones (excluding diaryl/α,β-unsaturated/α-hetero) is 1. The normalized spacial score (nSPS) is 24.7. The van der Waals surface area contributed by atoms with Crippen LogP contribution in [0.5, 0.6) is 0 Å². The number of hydrogen-bond acceptors (Lipinski definition) is 8. The number of benzene rings is 2. The Balaban J connectivity index is 2.00. The third-order valence-corrected chi connectivity index (χ3v) is 3.99. The van der Waals surface area contributed by atoms with Gasteiger partial charge in [0, 0.05) is 5.56 Å². The minimum absolute atomic E-state index is 0.116. The summed E-state index contributed by atoms with van der Waals surface area (Å²) in [5.41, 5.74) is 0.133. The Labute approximate surface area is 167 Å². The number of hydrogen-bond donors (Lipinski definition) is 2. The molecule has 0 spiro atoms. The molecule has 140 valence electrons. The molecule has 0 aliphatic carbocycles. The number of carbonyl (C=O) groups excluding carboxylic acids is 1. The molecule has 0 saturated carbocycles. The Morgan fingerprint density at radius 2 is 2.00 bits per heavy atom. The summed E-state index contributed by atoms with van der Waals surface area (Å²) in [7, 11) is -5.65. The summed E-state index contributed by atoms with van der Waals surface area (Å²) in [6.45, 7) is 0. The van der Waals surface area contributed by atoms with E-state index in [1.54, 1.807) is 0 Å². The average Bonchev–Trinajstić information content (AvgIpc) is 3.04. The van der Waals surface area contributed by atoms with Crippen molar-refractivity contribution in [3.63, 3.8) is 0 Å². The van der Waals surface area contributed by atoms with Crippen LogP contribution in [0.3, 0.4) is 0 Å². The van der Waals surface area contributed by atoms with Gasteiger partial charge < -0.3 is 19.8 Å². The van der Waals surface area contributed by atoms with Crippen molar-refractivity contribution in [1.82, 2.24) is 0 Å². The van der Waals surface area contributed by atoms with E-state index in [0.29, 0.717) is 0 Å². The molecule has 0 aromatic heterocycles. The molecule has 0 bridgehead atoms. The van der Waals surface area contributed by atoms with Crippen LogP contribution >= 0.6 is 0 Å². The van der Waals surface area contributed by atoms with Gasteiger partial charge in [0.05, 0.1) is 16.5 Å². The number of carbonyl (C=O) groups is 2. The van der Waals surface area contributed by atoms with Crippen molar-refractivity contribution in [2.75, 3.05) is 0 Å². The maximum absolute atomic E-state index is 12.9. The molecule has 1 aliphatic heterocycles. The van der Waals surface area contributed by atoms with Crippen molar-refractivity contribution in [2.24, 2.45) is 5.73 Å². The molecule has 3 rings (SSSR count). The van der Waals surface area contributed by atoms with Crippen molar-refractivity contribution >= 4 is 21.9 Å². The van der Waals surface area contributed by atoms with Gasteiger partial charge >= 0.3 is 16.1 Å². The van der Waals surface area contributed by atoms with Gasteiger partial charge in [-0.1, -0.05) is 42.3 Å². The zero-order valence-electron chi connectivity index (χ0n) is 22.2. The Morgan fingerprint density at radius 3 is 2.63 bits per heavy atom. The van der Waals surface area contributed by atoms with E-state index in [4.69, 9.17) is 22.9 Å². The summed E-state index contributed by atoms with van der Waals surface area (Å²) in [6.07, 6.45) is -2.71. The van der Waals surface area contributed by atoms with Crippen molar-refractivity contribution < 1.29 is 43.0 Å². The number of carboxylic acids is 1. The highest BCUT2D eigenvalue weighted by molar-refractivity contribution is 7.86. The molecule has 0 saturated heterocycles. The first-order chi connectivity index (χ1) is 16.5. The highest BCUT2D eigenvalue weighted by Gasteiger charge is 2.39. The molecule has 1 unspecified atom stereocenters.